The lowest BCUT2D eigenvalue weighted by Gasteiger charge is -2.16. The number of esters is 5. The highest BCUT2D eigenvalue weighted by Gasteiger charge is 2.27. The molecule has 0 saturated carbocycles. The summed E-state index contributed by atoms with van der Waals surface area (Å²) in [7, 11) is 0. The molecule has 1 aromatic rings. The van der Waals surface area contributed by atoms with E-state index in [-0.39, 0.29) is 43.1 Å². The smallest absolute Gasteiger partial charge is 0.458 e. The van der Waals surface area contributed by atoms with Crippen LogP contribution in [-0.2, 0) is 42.7 Å². The first-order chi connectivity index (χ1) is 19.1. The number of carbonyl (C=O) groups is 6. The highest BCUT2D eigenvalue weighted by molar-refractivity contribution is 6.00. The maximum absolute atomic E-state index is 12.8. The molecule has 3 unspecified atom stereocenters. The number of cyclic esters (lactones) is 2. The standard InChI is InChI=1S/C27H30O13/c1-5-19(38-22(28)7-3)12-34-24(30)16-9-17(25(31)35-13-20(6-2)39-23(29)8-4)11-18(10-16)26(32)36-14-21-15-37-27(33)40-21/h7-11,19-21H,3-6,12-15H2,1-2H3. The number of ether oxygens (including phenoxy) is 7. The Morgan fingerprint density at radius 1 is 0.825 bits per heavy atom. The van der Waals surface area contributed by atoms with Crippen LogP contribution in [0.15, 0.2) is 43.5 Å². The summed E-state index contributed by atoms with van der Waals surface area (Å²) in [4.78, 5) is 72.3. The van der Waals surface area contributed by atoms with Crippen molar-refractivity contribution in [3.05, 3.63) is 60.2 Å². The van der Waals surface area contributed by atoms with Gasteiger partial charge in [0.05, 0.1) is 16.7 Å². The summed E-state index contributed by atoms with van der Waals surface area (Å²) in [5, 5.41) is 0. The second-order valence-electron chi connectivity index (χ2n) is 8.24. The lowest BCUT2D eigenvalue weighted by molar-refractivity contribution is -0.146. The lowest BCUT2D eigenvalue weighted by Crippen LogP contribution is -2.25. The maximum atomic E-state index is 12.8. The minimum Gasteiger partial charge on any atom is -0.458 e. The molecule has 40 heavy (non-hydrogen) atoms. The fraction of sp³-hybridized carbons (Fsp3) is 0.407. The molecule has 0 radical (unpaired) electrons. The first-order valence-corrected chi connectivity index (χ1v) is 12.3. The Balaban J connectivity index is 2.21. The average molecular weight is 563 g/mol. The zero-order valence-electron chi connectivity index (χ0n) is 22.1. The molecule has 1 aliphatic rings. The van der Waals surface area contributed by atoms with Gasteiger partial charge >= 0.3 is 36.0 Å². The molecular formula is C27H30O13. The minimum absolute atomic E-state index is 0.111. The molecule has 3 atom stereocenters. The van der Waals surface area contributed by atoms with Crippen LogP contribution in [0.3, 0.4) is 0 Å². The second-order valence-corrected chi connectivity index (χ2v) is 8.24. The molecular weight excluding hydrogens is 532 g/mol. The third-order valence-corrected chi connectivity index (χ3v) is 5.30. The molecule has 1 saturated heterocycles. The van der Waals surface area contributed by atoms with E-state index in [0.717, 1.165) is 30.4 Å². The molecule has 1 heterocycles. The molecule has 0 spiro atoms. The molecule has 0 bridgehead atoms. The van der Waals surface area contributed by atoms with Crippen LogP contribution >= 0.6 is 0 Å². The average Bonchev–Trinajstić information content (AvgIpc) is 3.39. The van der Waals surface area contributed by atoms with E-state index in [4.69, 9.17) is 28.4 Å². The molecule has 1 aliphatic heterocycles. The van der Waals surface area contributed by atoms with Gasteiger partial charge in [-0.3, -0.25) is 0 Å². The number of rotatable bonds is 15. The van der Waals surface area contributed by atoms with Crippen molar-refractivity contribution in [3.63, 3.8) is 0 Å². The highest BCUT2D eigenvalue weighted by Crippen LogP contribution is 2.17. The topological polar surface area (TPSA) is 167 Å². The van der Waals surface area contributed by atoms with Crippen LogP contribution in [0, 0.1) is 0 Å². The quantitative estimate of drug-likeness (QED) is 0.174. The van der Waals surface area contributed by atoms with Crippen molar-refractivity contribution in [1.29, 1.82) is 0 Å². The van der Waals surface area contributed by atoms with E-state index < -0.39 is 54.3 Å². The van der Waals surface area contributed by atoms with E-state index in [1.165, 1.54) is 0 Å². The predicted octanol–water partition coefficient (Wildman–Crippen LogP) is 2.71. The van der Waals surface area contributed by atoms with Gasteiger partial charge in [-0.05, 0) is 31.0 Å². The first kappa shape index (κ1) is 31.5. The Morgan fingerprint density at radius 3 is 1.60 bits per heavy atom. The van der Waals surface area contributed by atoms with Gasteiger partial charge in [0, 0.05) is 12.2 Å². The number of benzene rings is 1. The predicted molar refractivity (Wildman–Crippen MR) is 134 cm³/mol. The van der Waals surface area contributed by atoms with Gasteiger partial charge in [-0.15, -0.1) is 0 Å². The third kappa shape index (κ3) is 9.89. The normalized spacial score (nSPS) is 15.3. The summed E-state index contributed by atoms with van der Waals surface area (Å²) in [6.07, 6.45) is -0.621. The number of carbonyl (C=O) groups excluding carboxylic acids is 6. The van der Waals surface area contributed by atoms with Crippen LogP contribution < -0.4 is 0 Å². The molecule has 0 aliphatic carbocycles. The molecule has 2 rings (SSSR count). The first-order valence-electron chi connectivity index (χ1n) is 12.3. The monoisotopic (exact) mass is 562 g/mol. The van der Waals surface area contributed by atoms with Gasteiger partial charge < -0.3 is 33.2 Å². The van der Waals surface area contributed by atoms with Crippen molar-refractivity contribution in [1.82, 2.24) is 0 Å². The van der Waals surface area contributed by atoms with E-state index in [1.54, 1.807) is 13.8 Å². The van der Waals surface area contributed by atoms with Crippen molar-refractivity contribution in [2.75, 3.05) is 26.4 Å². The van der Waals surface area contributed by atoms with Crippen molar-refractivity contribution < 1.29 is 61.9 Å². The van der Waals surface area contributed by atoms with Crippen LogP contribution in [0.2, 0.25) is 0 Å². The maximum Gasteiger partial charge on any atom is 0.508 e. The number of hydrogen-bond donors (Lipinski definition) is 0. The zero-order chi connectivity index (χ0) is 29.7. The zero-order valence-corrected chi connectivity index (χ0v) is 22.1. The van der Waals surface area contributed by atoms with Crippen LogP contribution in [0.1, 0.15) is 57.8 Å². The summed E-state index contributed by atoms with van der Waals surface area (Å²) < 4.78 is 35.2. The van der Waals surface area contributed by atoms with Gasteiger partial charge in [-0.2, -0.15) is 0 Å². The van der Waals surface area contributed by atoms with E-state index in [9.17, 15) is 28.8 Å². The van der Waals surface area contributed by atoms with Gasteiger partial charge in [0.25, 0.3) is 0 Å². The largest absolute Gasteiger partial charge is 0.508 e. The van der Waals surface area contributed by atoms with Crippen LogP contribution in [0.4, 0.5) is 4.79 Å². The molecule has 0 N–H and O–H groups in total. The SMILES string of the molecule is C=CC(=O)OC(CC)COC(=O)c1cc(C(=O)OCC(CC)OC(=O)C=C)cc(C(=O)OCC2COC(=O)O2)c1. The van der Waals surface area contributed by atoms with Crippen LogP contribution in [0.5, 0.6) is 0 Å². The Morgan fingerprint density at radius 2 is 1.25 bits per heavy atom. The third-order valence-electron chi connectivity index (χ3n) is 5.30. The Bertz CT molecular complexity index is 1070. The summed E-state index contributed by atoms with van der Waals surface area (Å²) in [6.45, 7) is 8.98. The Labute approximate surface area is 229 Å². The van der Waals surface area contributed by atoms with Gasteiger partial charge in [0.1, 0.15) is 38.6 Å². The molecule has 0 aromatic heterocycles. The van der Waals surface area contributed by atoms with E-state index in [0.29, 0.717) is 12.8 Å². The number of hydrogen-bond acceptors (Lipinski definition) is 13. The van der Waals surface area contributed by atoms with Crippen molar-refractivity contribution >= 4 is 36.0 Å². The highest BCUT2D eigenvalue weighted by atomic mass is 16.8. The van der Waals surface area contributed by atoms with E-state index in [2.05, 4.69) is 17.9 Å². The van der Waals surface area contributed by atoms with Crippen molar-refractivity contribution in [3.8, 4) is 0 Å². The second kappa shape index (κ2) is 15.7. The van der Waals surface area contributed by atoms with Gasteiger partial charge in [0.15, 0.2) is 6.10 Å². The fourth-order valence-electron chi connectivity index (χ4n) is 3.08. The van der Waals surface area contributed by atoms with Gasteiger partial charge in [0.2, 0.25) is 0 Å². The summed E-state index contributed by atoms with van der Waals surface area (Å²) in [6, 6.07) is 3.41. The molecule has 13 nitrogen and oxygen atoms in total. The van der Waals surface area contributed by atoms with Gasteiger partial charge in [-0.25, -0.2) is 28.8 Å². The summed E-state index contributed by atoms with van der Waals surface area (Å²) in [5.74, 6) is -4.19. The summed E-state index contributed by atoms with van der Waals surface area (Å²) in [5.41, 5.74) is -0.610. The van der Waals surface area contributed by atoms with E-state index >= 15 is 0 Å². The van der Waals surface area contributed by atoms with Crippen molar-refractivity contribution in [2.24, 2.45) is 0 Å². The van der Waals surface area contributed by atoms with Crippen molar-refractivity contribution in [2.45, 2.75) is 45.0 Å². The minimum atomic E-state index is -0.940. The van der Waals surface area contributed by atoms with Crippen LogP contribution in [-0.4, -0.2) is 80.7 Å². The summed E-state index contributed by atoms with van der Waals surface area (Å²) >= 11 is 0. The molecule has 1 fully saturated rings. The van der Waals surface area contributed by atoms with Crippen LogP contribution in [0.25, 0.3) is 0 Å². The molecule has 1 aromatic carbocycles. The fourth-order valence-corrected chi connectivity index (χ4v) is 3.08. The molecule has 216 valence electrons. The van der Waals surface area contributed by atoms with E-state index in [1.807, 2.05) is 0 Å². The molecule has 0 amide bonds. The van der Waals surface area contributed by atoms with Gasteiger partial charge in [-0.1, -0.05) is 27.0 Å². The lowest BCUT2D eigenvalue weighted by atomic mass is 10.1. The Kier molecular flexibility index (Phi) is 12.4. The molecule has 13 heteroatoms. The Hall–Kier alpha value is -4.68.